The highest BCUT2D eigenvalue weighted by atomic mass is 16.6. The number of amides is 1. The topological polar surface area (TPSA) is 59.6 Å². The third kappa shape index (κ3) is 1.94. The lowest BCUT2D eigenvalue weighted by molar-refractivity contribution is -0.124. The van der Waals surface area contributed by atoms with Gasteiger partial charge in [0.1, 0.15) is 13.2 Å². The Morgan fingerprint density at radius 1 is 1.21 bits per heavy atom. The van der Waals surface area contributed by atoms with Gasteiger partial charge in [0.25, 0.3) is 0 Å². The molecule has 5 nitrogen and oxygen atoms in total. The van der Waals surface area contributed by atoms with Crippen LogP contribution in [0.2, 0.25) is 0 Å². The molecule has 1 aliphatic heterocycles. The van der Waals surface area contributed by atoms with Gasteiger partial charge in [-0.1, -0.05) is 0 Å². The van der Waals surface area contributed by atoms with Gasteiger partial charge in [-0.05, 0) is 43.0 Å². The smallest absolute Gasteiger partial charge is 0.244 e. The minimum absolute atomic E-state index is 0.0229. The zero-order valence-electron chi connectivity index (χ0n) is 11.2. The monoisotopic (exact) mass is 262 g/mol. The average Bonchev–Trinajstić information content (AvgIpc) is 3.19. The minimum atomic E-state index is -0.400. The van der Waals surface area contributed by atoms with Crippen molar-refractivity contribution in [3.8, 4) is 11.5 Å². The van der Waals surface area contributed by atoms with E-state index in [9.17, 15) is 4.79 Å². The van der Waals surface area contributed by atoms with E-state index in [1.807, 2.05) is 19.1 Å². The van der Waals surface area contributed by atoms with Crippen molar-refractivity contribution in [2.75, 3.05) is 20.3 Å². The SMILES string of the molecule is CNNC(=O)C1(c2cc3c(cc2C)OCCO3)CC1. The summed E-state index contributed by atoms with van der Waals surface area (Å²) in [6.45, 7) is 3.16. The molecule has 0 spiro atoms. The zero-order chi connectivity index (χ0) is 13.5. The van der Waals surface area contributed by atoms with E-state index in [2.05, 4.69) is 10.9 Å². The Hall–Kier alpha value is -1.75. The number of hydrogen-bond acceptors (Lipinski definition) is 4. The first kappa shape index (κ1) is 12.3. The molecule has 1 heterocycles. The molecule has 2 N–H and O–H groups in total. The molecule has 1 aromatic rings. The summed E-state index contributed by atoms with van der Waals surface area (Å²) in [5.74, 6) is 1.54. The first-order valence-electron chi connectivity index (χ1n) is 6.55. The molecular formula is C14H18N2O3. The van der Waals surface area contributed by atoms with Crippen LogP contribution < -0.4 is 20.3 Å². The number of hydrogen-bond donors (Lipinski definition) is 2. The Balaban J connectivity index is 1.99. The maximum Gasteiger partial charge on any atom is 0.244 e. The third-order valence-corrected chi connectivity index (χ3v) is 3.83. The fraction of sp³-hybridized carbons (Fsp3) is 0.500. The summed E-state index contributed by atoms with van der Waals surface area (Å²) in [6, 6.07) is 3.93. The van der Waals surface area contributed by atoms with Gasteiger partial charge in [-0.3, -0.25) is 10.2 Å². The van der Waals surface area contributed by atoms with E-state index < -0.39 is 5.41 Å². The second-order valence-electron chi connectivity index (χ2n) is 5.10. The number of hydrazine groups is 1. The molecule has 0 unspecified atom stereocenters. The van der Waals surface area contributed by atoms with Gasteiger partial charge in [-0.25, -0.2) is 5.43 Å². The zero-order valence-corrected chi connectivity index (χ0v) is 11.2. The van der Waals surface area contributed by atoms with E-state index >= 15 is 0 Å². The molecule has 1 fully saturated rings. The van der Waals surface area contributed by atoms with Crippen LogP contribution in [0, 0.1) is 6.92 Å². The second kappa shape index (κ2) is 4.42. The van der Waals surface area contributed by atoms with Crippen LogP contribution in [0.1, 0.15) is 24.0 Å². The molecule has 1 saturated carbocycles. The lowest BCUT2D eigenvalue weighted by atomic mass is 9.90. The molecule has 0 bridgehead atoms. The molecular weight excluding hydrogens is 244 g/mol. The number of ether oxygens (including phenoxy) is 2. The maximum atomic E-state index is 12.2. The molecule has 1 aliphatic carbocycles. The number of aryl methyl sites for hydroxylation is 1. The lowest BCUT2D eigenvalue weighted by Crippen LogP contribution is -2.42. The van der Waals surface area contributed by atoms with Crippen molar-refractivity contribution in [2.24, 2.45) is 0 Å². The summed E-state index contributed by atoms with van der Waals surface area (Å²) >= 11 is 0. The average molecular weight is 262 g/mol. The van der Waals surface area contributed by atoms with Crippen molar-refractivity contribution in [1.29, 1.82) is 0 Å². The number of carbonyl (C=O) groups is 1. The van der Waals surface area contributed by atoms with Crippen molar-refractivity contribution >= 4 is 5.91 Å². The highest BCUT2D eigenvalue weighted by Gasteiger charge is 2.52. The Morgan fingerprint density at radius 2 is 1.84 bits per heavy atom. The Bertz CT molecular complexity index is 524. The minimum Gasteiger partial charge on any atom is -0.486 e. The molecule has 3 rings (SSSR count). The van der Waals surface area contributed by atoms with Crippen LogP contribution in [0.3, 0.4) is 0 Å². The fourth-order valence-corrected chi connectivity index (χ4v) is 2.68. The van der Waals surface area contributed by atoms with Gasteiger partial charge < -0.3 is 9.47 Å². The summed E-state index contributed by atoms with van der Waals surface area (Å²) in [7, 11) is 1.70. The predicted molar refractivity (Wildman–Crippen MR) is 70.3 cm³/mol. The lowest BCUT2D eigenvalue weighted by Gasteiger charge is -2.23. The molecule has 2 aliphatic rings. The predicted octanol–water partition coefficient (Wildman–Crippen LogP) is 1.05. The van der Waals surface area contributed by atoms with Gasteiger partial charge in [0.2, 0.25) is 5.91 Å². The third-order valence-electron chi connectivity index (χ3n) is 3.83. The standard InChI is InChI=1S/C14H18N2O3/c1-9-7-11-12(19-6-5-18-11)8-10(9)14(3-4-14)13(17)16-15-2/h7-8,15H,3-6H2,1-2H3,(H,16,17). The summed E-state index contributed by atoms with van der Waals surface area (Å²) in [5, 5.41) is 0. The molecule has 0 radical (unpaired) electrons. The van der Waals surface area contributed by atoms with Gasteiger partial charge in [0, 0.05) is 7.05 Å². The van der Waals surface area contributed by atoms with E-state index in [1.165, 1.54) is 0 Å². The van der Waals surface area contributed by atoms with Crippen LogP contribution in [-0.4, -0.2) is 26.2 Å². The van der Waals surface area contributed by atoms with E-state index in [0.717, 1.165) is 35.5 Å². The number of fused-ring (bicyclic) bond motifs is 1. The second-order valence-corrected chi connectivity index (χ2v) is 5.10. The van der Waals surface area contributed by atoms with E-state index in [0.29, 0.717) is 13.2 Å². The molecule has 0 atom stereocenters. The fourth-order valence-electron chi connectivity index (χ4n) is 2.68. The largest absolute Gasteiger partial charge is 0.486 e. The van der Waals surface area contributed by atoms with Crippen molar-refractivity contribution in [1.82, 2.24) is 10.9 Å². The molecule has 102 valence electrons. The van der Waals surface area contributed by atoms with Gasteiger partial charge in [-0.15, -0.1) is 0 Å². The van der Waals surface area contributed by atoms with Crippen LogP contribution in [0.25, 0.3) is 0 Å². The quantitative estimate of drug-likeness (QED) is 0.799. The summed E-state index contributed by atoms with van der Waals surface area (Å²) in [5.41, 5.74) is 7.13. The Kier molecular flexibility index (Phi) is 2.86. The highest BCUT2D eigenvalue weighted by molar-refractivity contribution is 5.91. The van der Waals surface area contributed by atoms with Crippen LogP contribution in [0.15, 0.2) is 12.1 Å². The van der Waals surface area contributed by atoms with Crippen molar-refractivity contribution in [3.63, 3.8) is 0 Å². The van der Waals surface area contributed by atoms with Crippen LogP contribution in [0.4, 0.5) is 0 Å². The van der Waals surface area contributed by atoms with Crippen LogP contribution in [0.5, 0.6) is 11.5 Å². The summed E-state index contributed by atoms with van der Waals surface area (Å²) in [6.07, 6.45) is 1.75. The van der Waals surface area contributed by atoms with Gasteiger partial charge >= 0.3 is 0 Å². The van der Waals surface area contributed by atoms with E-state index in [4.69, 9.17) is 9.47 Å². The van der Waals surface area contributed by atoms with Crippen LogP contribution in [-0.2, 0) is 10.2 Å². The van der Waals surface area contributed by atoms with Gasteiger partial charge in [-0.2, -0.15) is 0 Å². The van der Waals surface area contributed by atoms with Crippen LogP contribution >= 0.6 is 0 Å². The number of carbonyl (C=O) groups excluding carboxylic acids is 1. The van der Waals surface area contributed by atoms with Crippen molar-refractivity contribution < 1.29 is 14.3 Å². The van der Waals surface area contributed by atoms with E-state index in [-0.39, 0.29) is 5.91 Å². The van der Waals surface area contributed by atoms with Crippen molar-refractivity contribution in [3.05, 3.63) is 23.3 Å². The number of benzene rings is 1. The highest BCUT2D eigenvalue weighted by Crippen LogP contribution is 2.51. The Labute approximate surface area is 112 Å². The first-order chi connectivity index (χ1) is 9.17. The van der Waals surface area contributed by atoms with Gasteiger partial charge in [0.05, 0.1) is 5.41 Å². The summed E-state index contributed by atoms with van der Waals surface area (Å²) < 4.78 is 11.2. The first-order valence-corrected chi connectivity index (χ1v) is 6.55. The van der Waals surface area contributed by atoms with E-state index in [1.54, 1.807) is 7.05 Å². The molecule has 1 aromatic carbocycles. The molecule has 0 aromatic heterocycles. The summed E-state index contributed by atoms with van der Waals surface area (Å²) in [4.78, 5) is 12.2. The van der Waals surface area contributed by atoms with Gasteiger partial charge in [0.15, 0.2) is 11.5 Å². The molecule has 1 amide bonds. The Morgan fingerprint density at radius 3 is 2.42 bits per heavy atom. The molecule has 0 saturated heterocycles. The van der Waals surface area contributed by atoms with Crippen molar-refractivity contribution in [2.45, 2.75) is 25.2 Å². The molecule has 5 heteroatoms. The maximum absolute atomic E-state index is 12.2. The number of rotatable bonds is 3. The number of nitrogens with one attached hydrogen (secondary N) is 2. The molecule has 19 heavy (non-hydrogen) atoms. The normalized spacial score (nSPS) is 18.8.